The highest BCUT2D eigenvalue weighted by atomic mass is 19.4. The lowest BCUT2D eigenvalue weighted by atomic mass is 10.1. The van der Waals surface area contributed by atoms with Gasteiger partial charge in [-0.15, -0.1) is 0 Å². The summed E-state index contributed by atoms with van der Waals surface area (Å²) in [6.07, 6.45) is -4.62. The summed E-state index contributed by atoms with van der Waals surface area (Å²) in [7, 11) is 2.91. The third kappa shape index (κ3) is 5.30. The Hall–Kier alpha value is -4.02. The van der Waals surface area contributed by atoms with E-state index in [0.29, 0.717) is 28.5 Å². The van der Waals surface area contributed by atoms with Crippen LogP contribution in [0.3, 0.4) is 0 Å². The monoisotopic (exact) mass is 476 g/mol. The van der Waals surface area contributed by atoms with Crippen LogP contribution in [0.1, 0.15) is 32.9 Å². The number of hydrogen-bond donors (Lipinski definition) is 2. The molecule has 0 unspecified atom stereocenters. The normalized spacial score (nSPS) is 11.1. The number of aromatic nitrogens is 2. The summed E-state index contributed by atoms with van der Waals surface area (Å²) in [6.45, 7) is 3.31. The van der Waals surface area contributed by atoms with Gasteiger partial charge in [-0.05, 0) is 50.2 Å². The zero-order chi connectivity index (χ0) is 25.0. The van der Waals surface area contributed by atoms with E-state index in [1.807, 2.05) is 0 Å². The Labute approximate surface area is 193 Å². The fourth-order valence-corrected chi connectivity index (χ4v) is 3.38. The van der Waals surface area contributed by atoms with Gasteiger partial charge in [0, 0.05) is 16.8 Å². The SMILES string of the molecule is COc1ccc(C(=O)NNC(=O)Cc2c(C)nn(-c3cccc(C(F)(F)F)c3)c2C)cc1OC. The summed E-state index contributed by atoms with van der Waals surface area (Å²) in [4.78, 5) is 24.8. The maximum atomic E-state index is 13.1. The topological polar surface area (TPSA) is 94.5 Å². The number of alkyl halides is 3. The number of benzene rings is 2. The molecule has 0 saturated heterocycles. The molecule has 2 N–H and O–H groups in total. The molecule has 1 aromatic heterocycles. The number of nitrogens with one attached hydrogen (secondary N) is 2. The molecule has 1 heterocycles. The first-order chi connectivity index (χ1) is 16.0. The molecule has 180 valence electrons. The zero-order valence-corrected chi connectivity index (χ0v) is 18.9. The predicted molar refractivity (Wildman–Crippen MR) is 117 cm³/mol. The van der Waals surface area contributed by atoms with E-state index < -0.39 is 23.6 Å². The van der Waals surface area contributed by atoms with Gasteiger partial charge in [0.15, 0.2) is 11.5 Å². The van der Waals surface area contributed by atoms with Crippen LogP contribution < -0.4 is 20.3 Å². The van der Waals surface area contributed by atoms with Crippen molar-refractivity contribution in [2.24, 2.45) is 0 Å². The van der Waals surface area contributed by atoms with Crippen LogP contribution in [0.15, 0.2) is 42.5 Å². The standard InChI is InChI=1S/C23H23F3N4O4/c1-13-18(14(2)30(29-13)17-7-5-6-16(11-17)23(24,25)26)12-21(31)27-28-22(32)15-8-9-19(33-3)20(10-15)34-4/h5-11H,12H2,1-4H3,(H,27,31)(H,28,32). The molecule has 34 heavy (non-hydrogen) atoms. The van der Waals surface area contributed by atoms with Gasteiger partial charge in [0.1, 0.15) is 0 Å². The lowest BCUT2D eigenvalue weighted by Gasteiger charge is -2.11. The van der Waals surface area contributed by atoms with E-state index in [-0.39, 0.29) is 17.7 Å². The van der Waals surface area contributed by atoms with Crippen molar-refractivity contribution in [2.45, 2.75) is 26.4 Å². The number of carbonyl (C=O) groups is 2. The van der Waals surface area contributed by atoms with E-state index in [1.54, 1.807) is 19.9 Å². The molecule has 8 nitrogen and oxygen atoms in total. The summed E-state index contributed by atoms with van der Waals surface area (Å²) < 4.78 is 50.8. The average molecular weight is 476 g/mol. The van der Waals surface area contributed by atoms with Crippen LogP contribution in [0, 0.1) is 13.8 Å². The van der Waals surface area contributed by atoms with E-state index in [4.69, 9.17) is 9.47 Å². The molecule has 3 rings (SSSR count). The number of hydrazine groups is 1. The Balaban J connectivity index is 1.70. The first-order valence-electron chi connectivity index (χ1n) is 10.1. The fraction of sp³-hybridized carbons (Fsp3) is 0.261. The number of rotatable bonds is 6. The number of methoxy groups -OCH3 is 2. The number of halogens is 3. The van der Waals surface area contributed by atoms with Crippen molar-refractivity contribution in [3.63, 3.8) is 0 Å². The summed E-state index contributed by atoms with van der Waals surface area (Å²) in [5, 5.41) is 4.29. The van der Waals surface area contributed by atoms with Gasteiger partial charge in [0.05, 0.1) is 37.6 Å². The molecular weight excluding hydrogens is 453 g/mol. The van der Waals surface area contributed by atoms with Gasteiger partial charge < -0.3 is 9.47 Å². The van der Waals surface area contributed by atoms with Crippen molar-refractivity contribution in [1.29, 1.82) is 0 Å². The van der Waals surface area contributed by atoms with Crippen molar-refractivity contribution >= 4 is 11.8 Å². The Morgan fingerprint density at radius 2 is 1.71 bits per heavy atom. The number of nitrogens with zero attached hydrogens (tertiary/aromatic N) is 2. The highest BCUT2D eigenvalue weighted by molar-refractivity contribution is 5.96. The Bertz CT molecular complexity index is 1220. The second-order valence-corrected chi connectivity index (χ2v) is 7.36. The largest absolute Gasteiger partial charge is 0.493 e. The highest BCUT2D eigenvalue weighted by Gasteiger charge is 2.31. The first kappa shape index (κ1) is 24.6. The second-order valence-electron chi connectivity index (χ2n) is 7.36. The molecule has 0 atom stereocenters. The number of amides is 2. The third-order valence-corrected chi connectivity index (χ3v) is 5.16. The van der Waals surface area contributed by atoms with E-state index >= 15 is 0 Å². The first-order valence-corrected chi connectivity index (χ1v) is 10.1. The van der Waals surface area contributed by atoms with Crippen molar-refractivity contribution < 1.29 is 32.2 Å². The van der Waals surface area contributed by atoms with Crippen molar-refractivity contribution in [1.82, 2.24) is 20.6 Å². The number of hydrogen-bond acceptors (Lipinski definition) is 5. The molecular formula is C23H23F3N4O4. The number of ether oxygens (including phenoxy) is 2. The smallest absolute Gasteiger partial charge is 0.416 e. The molecule has 0 saturated carbocycles. The zero-order valence-electron chi connectivity index (χ0n) is 18.9. The van der Waals surface area contributed by atoms with Gasteiger partial charge in [-0.1, -0.05) is 6.07 Å². The van der Waals surface area contributed by atoms with E-state index in [9.17, 15) is 22.8 Å². The molecule has 2 aromatic carbocycles. The van der Waals surface area contributed by atoms with Crippen LogP contribution in [0.5, 0.6) is 11.5 Å². The molecule has 2 amide bonds. The van der Waals surface area contributed by atoms with Gasteiger partial charge in [-0.2, -0.15) is 18.3 Å². The van der Waals surface area contributed by atoms with E-state index in [2.05, 4.69) is 16.0 Å². The van der Waals surface area contributed by atoms with Crippen molar-refractivity contribution in [3.05, 3.63) is 70.5 Å². The van der Waals surface area contributed by atoms with Crippen LogP contribution >= 0.6 is 0 Å². The number of aryl methyl sites for hydroxylation is 1. The van der Waals surface area contributed by atoms with Crippen molar-refractivity contribution in [2.75, 3.05) is 14.2 Å². The van der Waals surface area contributed by atoms with E-state index in [0.717, 1.165) is 12.1 Å². The molecule has 0 aliphatic rings. The Morgan fingerprint density at radius 1 is 1.00 bits per heavy atom. The van der Waals surface area contributed by atoms with Gasteiger partial charge in [-0.25, -0.2) is 4.68 Å². The fourth-order valence-electron chi connectivity index (χ4n) is 3.38. The van der Waals surface area contributed by atoms with Gasteiger partial charge >= 0.3 is 6.18 Å². The molecule has 0 bridgehead atoms. The summed E-state index contributed by atoms with van der Waals surface area (Å²) >= 11 is 0. The summed E-state index contributed by atoms with van der Waals surface area (Å²) in [5.41, 5.74) is 5.85. The minimum Gasteiger partial charge on any atom is -0.493 e. The lowest BCUT2D eigenvalue weighted by Crippen LogP contribution is -2.42. The second kappa shape index (κ2) is 9.86. The summed E-state index contributed by atoms with van der Waals surface area (Å²) in [6, 6.07) is 9.30. The minimum atomic E-state index is -4.49. The maximum Gasteiger partial charge on any atom is 0.416 e. The molecule has 0 spiro atoms. The molecule has 3 aromatic rings. The van der Waals surface area contributed by atoms with Gasteiger partial charge in [-0.3, -0.25) is 20.4 Å². The molecule has 0 fully saturated rings. The third-order valence-electron chi connectivity index (χ3n) is 5.16. The molecule has 0 aliphatic heterocycles. The number of carbonyl (C=O) groups excluding carboxylic acids is 2. The predicted octanol–water partition coefficient (Wildman–Crippen LogP) is 3.53. The maximum absolute atomic E-state index is 13.1. The van der Waals surface area contributed by atoms with Crippen LogP contribution in [0.25, 0.3) is 5.69 Å². The molecule has 0 radical (unpaired) electrons. The molecule has 11 heteroatoms. The molecule has 0 aliphatic carbocycles. The van der Waals surface area contributed by atoms with Crippen LogP contribution in [-0.2, 0) is 17.4 Å². The van der Waals surface area contributed by atoms with Gasteiger partial charge in [0.25, 0.3) is 5.91 Å². The van der Waals surface area contributed by atoms with Crippen LogP contribution in [0.2, 0.25) is 0 Å². The minimum absolute atomic E-state index is 0.136. The Morgan fingerprint density at radius 3 is 2.35 bits per heavy atom. The summed E-state index contributed by atoms with van der Waals surface area (Å²) in [5.74, 6) is -0.285. The highest BCUT2D eigenvalue weighted by Crippen LogP contribution is 2.31. The average Bonchev–Trinajstić information content (AvgIpc) is 3.09. The van der Waals surface area contributed by atoms with Crippen LogP contribution in [0.4, 0.5) is 13.2 Å². The lowest BCUT2D eigenvalue weighted by molar-refractivity contribution is -0.137. The van der Waals surface area contributed by atoms with Gasteiger partial charge in [0.2, 0.25) is 5.91 Å². The van der Waals surface area contributed by atoms with Crippen molar-refractivity contribution in [3.8, 4) is 17.2 Å². The van der Waals surface area contributed by atoms with E-state index in [1.165, 1.54) is 43.2 Å². The Kier molecular flexibility index (Phi) is 7.14. The quantitative estimate of drug-likeness (QED) is 0.531. The van der Waals surface area contributed by atoms with Crippen LogP contribution in [-0.4, -0.2) is 35.8 Å².